The maximum absolute atomic E-state index is 11.7. The van der Waals surface area contributed by atoms with E-state index in [0.717, 1.165) is 5.39 Å². The summed E-state index contributed by atoms with van der Waals surface area (Å²) in [5, 5.41) is 6.91. The predicted molar refractivity (Wildman–Crippen MR) is 80.4 cm³/mol. The smallest absolute Gasteiger partial charge is 0.312 e. The Morgan fingerprint density at radius 2 is 2.00 bits per heavy atom. The van der Waals surface area contributed by atoms with Crippen LogP contribution in [-0.2, 0) is 25.5 Å². The minimum Gasteiger partial charge on any atom is -0.455 e. The summed E-state index contributed by atoms with van der Waals surface area (Å²) < 4.78 is 9.94. The molecule has 1 aromatic heterocycles. The Kier molecular flexibility index (Phi) is 5.29. The van der Waals surface area contributed by atoms with Crippen molar-refractivity contribution < 1.29 is 23.6 Å². The Hall–Kier alpha value is -2.90. The molecule has 0 saturated heterocycles. The van der Waals surface area contributed by atoms with E-state index >= 15 is 0 Å². The number of nitrogens with one attached hydrogen (secondary N) is 1. The number of amides is 2. The normalized spacial score (nSPS) is 10.3. The molecule has 1 aromatic carbocycles. The van der Waals surface area contributed by atoms with Crippen LogP contribution in [0.1, 0.15) is 5.69 Å². The Labute approximate surface area is 132 Å². The second kappa shape index (κ2) is 7.39. The van der Waals surface area contributed by atoms with Crippen molar-refractivity contribution >= 4 is 28.8 Å². The first-order valence-corrected chi connectivity index (χ1v) is 6.93. The third kappa shape index (κ3) is 4.53. The van der Waals surface area contributed by atoms with Crippen LogP contribution in [0.25, 0.3) is 11.0 Å². The molecule has 0 spiro atoms. The number of benzene rings is 1. The van der Waals surface area contributed by atoms with E-state index in [1.54, 1.807) is 32.3 Å². The van der Waals surface area contributed by atoms with Crippen molar-refractivity contribution in [3.8, 4) is 0 Å². The van der Waals surface area contributed by atoms with Gasteiger partial charge >= 0.3 is 5.97 Å². The maximum Gasteiger partial charge on any atom is 0.312 e. The summed E-state index contributed by atoms with van der Waals surface area (Å²) in [6.45, 7) is -0.591. The number of rotatable bonds is 6. The number of carbonyl (C=O) groups excluding carboxylic acids is 3. The number of nitrogens with zero attached hydrogens (tertiary/aromatic N) is 2. The highest BCUT2D eigenvalue weighted by molar-refractivity contribution is 5.87. The van der Waals surface area contributed by atoms with Gasteiger partial charge in [-0.15, -0.1) is 0 Å². The molecule has 122 valence electrons. The molecule has 8 heteroatoms. The van der Waals surface area contributed by atoms with E-state index in [4.69, 9.17) is 9.26 Å². The molecule has 23 heavy (non-hydrogen) atoms. The van der Waals surface area contributed by atoms with Crippen LogP contribution in [0.3, 0.4) is 0 Å². The minimum absolute atomic E-state index is 0.0963. The van der Waals surface area contributed by atoms with Crippen molar-refractivity contribution in [3.63, 3.8) is 0 Å². The van der Waals surface area contributed by atoms with Crippen LogP contribution in [0.2, 0.25) is 0 Å². The molecule has 1 heterocycles. The van der Waals surface area contributed by atoms with Crippen LogP contribution < -0.4 is 5.32 Å². The van der Waals surface area contributed by atoms with Gasteiger partial charge in [-0.1, -0.05) is 17.3 Å². The zero-order valence-electron chi connectivity index (χ0n) is 12.9. The zero-order valence-corrected chi connectivity index (χ0v) is 12.9. The molecule has 2 rings (SSSR count). The first-order valence-electron chi connectivity index (χ1n) is 6.93. The fourth-order valence-electron chi connectivity index (χ4n) is 1.78. The van der Waals surface area contributed by atoms with E-state index < -0.39 is 18.5 Å². The molecule has 2 aromatic rings. The predicted octanol–water partition coefficient (Wildman–Crippen LogP) is 0.118. The quantitative estimate of drug-likeness (QED) is 0.759. The zero-order chi connectivity index (χ0) is 16.8. The van der Waals surface area contributed by atoms with E-state index in [1.807, 2.05) is 6.07 Å². The fourth-order valence-corrected chi connectivity index (χ4v) is 1.78. The number of likely N-dealkylation sites (N-methyl/N-ethyl adjacent to an activating group) is 1. The van der Waals surface area contributed by atoms with Crippen LogP contribution in [0.15, 0.2) is 28.8 Å². The molecule has 1 N–H and O–H groups in total. The summed E-state index contributed by atoms with van der Waals surface area (Å²) in [5.41, 5.74) is 1.03. The molecule has 2 amide bonds. The lowest BCUT2D eigenvalue weighted by Crippen LogP contribution is -2.38. The maximum atomic E-state index is 11.7. The average Bonchev–Trinajstić information content (AvgIpc) is 2.93. The topological polar surface area (TPSA) is 102 Å². The molecule has 0 saturated carbocycles. The molecule has 0 unspecified atom stereocenters. The van der Waals surface area contributed by atoms with E-state index in [-0.39, 0.29) is 18.9 Å². The number of para-hydroxylation sites is 1. The lowest BCUT2D eigenvalue weighted by atomic mass is 10.2. The fraction of sp³-hybridized carbons (Fsp3) is 0.333. The molecule has 0 aliphatic carbocycles. The molecular weight excluding hydrogens is 302 g/mol. The summed E-state index contributed by atoms with van der Waals surface area (Å²) in [7, 11) is 3.16. The van der Waals surface area contributed by atoms with Crippen LogP contribution in [0.5, 0.6) is 0 Å². The second-order valence-corrected chi connectivity index (χ2v) is 5.03. The van der Waals surface area contributed by atoms with E-state index in [2.05, 4.69) is 10.5 Å². The molecule has 0 fully saturated rings. The first kappa shape index (κ1) is 16.5. The van der Waals surface area contributed by atoms with Gasteiger partial charge in [-0.25, -0.2) is 0 Å². The second-order valence-electron chi connectivity index (χ2n) is 5.03. The average molecular weight is 319 g/mol. The van der Waals surface area contributed by atoms with E-state index in [9.17, 15) is 14.4 Å². The largest absolute Gasteiger partial charge is 0.455 e. The molecular formula is C15H17N3O5. The summed E-state index contributed by atoms with van der Waals surface area (Å²) in [6, 6.07) is 7.14. The highest BCUT2D eigenvalue weighted by atomic mass is 16.5. The van der Waals surface area contributed by atoms with E-state index in [0.29, 0.717) is 11.3 Å². The van der Waals surface area contributed by atoms with Crippen molar-refractivity contribution in [1.29, 1.82) is 0 Å². The number of hydrogen-bond acceptors (Lipinski definition) is 6. The number of ether oxygens (including phenoxy) is 1. The lowest BCUT2D eigenvalue weighted by Gasteiger charge is -2.10. The van der Waals surface area contributed by atoms with Crippen LogP contribution in [0.4, 0.5) is 0 Å². The Morgan fingerprint density at radius 3 is 2.74 bits per heavy atom. The van der Waals surface area contributed by atoms with Gasteiger partial charge in [0.05, 0.1) is 13.0 Å². The molecule has 0 atom stereocenters. The standard InChI is InChI=1S/C15H17N3O5/c1-18(2)14(20)8-16-13(19)9-22-15(21)7-11-10-5-3-4-6-12(10)23-17-11/h3-6H,7-9H2,1-2H3,(H,16,19). The molecule has 0 aliphatic heterocycles. The van der Waals surface area contributed by atoms with Crippen LogP contribution in [-0.4, -0.2) is 55.1 Å². The molecule has 0 radical (unpaired) electrons. The van der Waals surface area contributed by atoms with Gasteiger partial charge in [0, 0.05) is 19.5 Å². The van der Waals surface area contributed by atoms with Gasteiger partial charge in [0.1, 0.15) is 5.69 Å². The Morgan fingerprint density at radius 1 is 1.26 bits per heavy atom. The third-order valence-electron chi connectivity index (χ3n) is 3.06. The Bertz CT molecular complexity index is 723. The van der Waals surface area contributed by atoms with Crippen LogP contribution >= 0.6 is 0 Å². The summed E-state index contributed by atoms with van der Waals surface area (Å²) >= 11 is 0. The monoisotopic (exact) mass is 319 g/mol. The summed E-state index contributed by atoms with van der Waals surface area (Å²) in [6.07, 6.45) is -0.0963. The Balaban J connectivity index is 1.79. The van der Waals surface area contributed by atoms with Crippen molar-refractivity contribution in [1.82, 2.24) is 15.4 Å². The molecule has 8 nitrogen and oxygen atoms in total. The summed E-state index contributed by atoms with van der Waals surface area (Å²) in [5.74, 6) is -1.39. The van der Waals surface area contributed by atoms with Crippen molar-refractivity contribution in [2.24, 2.45) is 0 Å². The van der Waals surface area contributed by atoms with Gasteiger partial charge in [-0.3, -0.25) is 14.4 Å². The van der Waals surface area contributed by atoms with Gasteiger partial charge in [-0.05, 0) is 12.1 Å². The van der Waals surface area contributed by atoms with Gasteiger partial charge in [0.2, 0.25) is 5.91 Å². The van der Waals surface area contributed by atoms with Gasteiger partial charge in [0.15, 0.2) is 12.2 Å². The van der Waals surface area contributed by atoms with Gasteiger partial charge in [-0.2, -0.15) is 0 Å². The highest BCUT2D eigenvalue weighted by Gasteiger charge is 2.14. The number of hydrogen-bond donors (Lipinski definition) is 1. The minimum atomic E-state index is -0.599. The van der Waals surface area contributed by atoms with Gasteiger partial charge < -0.3 is 19.5 Å². The molecule has 0 aliphatic rings. The first-order chi connectivity index (χ1) is 11.0. The third-order valence-corrected chi connectivity index (χ3v) is 3.06. The van der Waals surface area contributed by atoms with Crippen molar-refractivity contribution in [2.75, 3.05) is 27.2 Å². The number of carbonyl (C=O) groups is 3. The highest BCUT2D eigenvalue weighted by Crippen LogP contribution is 2.18. The van der Waals surface area contributed by atoms with Crippen LogP contribution in [0, 0.1) is 0 Å². The van der Waals surface area contributed by atoms with E-state index in [1.165, 1.54) is 4.90 Å². The SMILES string of the molecule is CN(C)C(=O)CNC(=O)COC(=O)Cc1noc2ccccc12. The van der Waals surface area contributed by atoms with Gasteiger partial charge in [0.25, 0.3) is 5.91 Å². The molecule has 0 bridgehead atoms. The van der Waals surface area contributed by atoms with Crippen molar-refractivity contribution in [2.45, 2.75) is 6.42 Å². The number of aromatic nitrogens is 1. The lowest BCUT2D eigenvalue weighted by molar-refractivity contribution is -0.148. The number of fused-ring (bicyclic) bond motifs is 1. The summed E-state index contributed by atoms with van der Waals surface area (Å²) in [4.78, 5) is 35.9. The number of esters is 1. The van der Waals surface area contributed by atoms with Crippen molar-refractivity contribution in [3.05, 3.63) is 30.0 Å².